The van der Waals surface area contributed by atoms with E-state index in [1.807, 2.05) is 19.9 Å². The maximum atomic E-state index is 13.1. The Kier molecular flexibility index (Phi) is 4.66. The lowest BCUT2D eigenvalue weighted by atomic mass is 10.1. The van der Waals surface area contributed by atoms with Crippen molar-refractivity contribution in [2.45, 2.75) is 19.9 Å². The van der Waals surface area contributed by atoms with E-state index < -0.39 is 6.09 Å². The number of carbonyl (C=O) groups excluding carboxylic acids is 1. The summed E-state index contributed by atoms with van der Waals surface area (Å²) >= 11 is 0. The highest BCUT2D eigenvalue weighted by molar-refractivity contribution is 5.98. The Bertz CT molecular complexity index is 777. The Labute approximate surface area is 144 Å². The summed E-state index contributed by atoms with van der Waals surface area (Å²) in [5.74, 6) is -0.209. The van der Waals surface area contributed by atoms with Crippen LogP contribution >= 0.6 is 0 Å². The summed E-state index contributed by atoms with van der Waals surface area (Å²) in [6, 6.07) is 5.20. The molecule has 132 valence electrons. The fourth-order valence-electron chi connectivity index (χ4n) is 2.71. The van der Waals surface area contributed by atoms with Gasteiger partial charge < -0.3 is 10.0 Å². The number of nitrogens with zero attached hydrogens (tertiary/aromatic N) is 5. The molecule has 0 spiro atoms. The van der Waals surface area contributed by atoms with Gasteiger partial charge in [0.1, 0.15) is 0 Å². The third kappa shape index (κ3) is 3.45. The molecule has 2 heterocycles. The van der Waals surface area contributed by atoms with Crippen LogP contribution in [0.3, 0.4) is 0 Å². The van der Waals surface area contributed by atoms with Crippen LogP contribution < -0.4 is 0 Å². The molecule has 9 heteroatoms. The Hall–Kier alpha value is -2.94. The predicted octanol–water partition coefficient (Wildman–Crippen LogP) is 1.33. The first-order valence-electron chi connectivity index (χ1n) is 7.89. The van der Waals surface area contributed by atoms with Crippen LogP contribution in [0.5, 0.6) is 0 Å². The first-order chi connectivity index (χ1) is 12.0. The molecule has 1 saturated heterocycles. The highest BCUT2D eigenvalue weighted by Gasteiger charge is 2.29. The van der Waals surface area contributed by atoms with E-state index in [0.29, 0.717) is 11.3 Å². The van der Waals surface area contributed by atoms with E-state index in [2.05, 4.69) is 10.2 Å². The Morgan fingerprint density at radius 3 is 2.64 bits per heavy atom. The molecule has 1 atom stereocenters. The molecule has 1 aliphatic rings. The number of aryl methyl sites for hydroxylation is 1. The lowest BCUT2D eigenvalue weighted by Crippen LogP contribution is -2.41. The topological polar surface area (TPSA) is 101 Å². The van der Waals surface area contributed by atoms with E-state index in [1.54, 1.807) is 29.4 Å². The molecule has 2 aromatic rings. The Morgan fingerprint density at radius 1 is 1.24 bits per heavy atom. The summed E-state index contributed by atoms with van der Waals surface area (Å²) in [6.07, 6.45) is 1.92. The smallest absolute Gasteiger partial charge is 0.431 e. The number of carboxylic acid groups (broad SMARTS) is 1. The maximum absolute atomic E-state index is 13.1. The molecule has 1 aliphatic heterocycles. The average Bonchev–Trinajstić information content (AvgIpc) is 3.04. The molecule has 25 heavy (non-hydrogen) atoms. The highest BCUT2D eigenvalue weighted by atomic mass is 16.7. The second kappa shape index (κ2) is 6.89. The zero-order chi connectivity index (χ0) is 18.0. The van der Waals surface area contributed by atoms with Gasteiger partial charge in [-0.2, -0.15) is 20.1 Å². The second-order valence-corrected chi connectivity index (χ2v) is 5.87. The standard InChI is InChI=1S/C16H19N5O4/c1-11-3-4-14(21-17-5-6-18-21)13(9-11)15(22)19-7-8-20(16(23)24)25-10-12(19)2/h3-6,9,12H,7-8,10H2,1-2H3,(H,23,24)/t12-/m1/s1. The maximum Gasteiger partial charge on any atom is 0.431 e. The number of hydrogen-bond acceptors (Lipinski definition) is 5. The predicted molar refractivity (Wildman–Crippen MR) is 87.3 cm³/mol. The summed E-state index contributed by atoms with van der Waals surface area (Å²) in [6.45, 7) is 4.17. The van der Waals surface area contributed by atoms with Crippen molar-refractivity contribution in [3.05, 3.63) is 41.7 Å². The SMILES string of the molecule is Cc1ccc(-n2nccn2)c(C(=O)N2CCN(C(=O)O)OC[C@H]2C)c1. The fourth-order valence-corrected chi connectivity index (χ4v) is 2.71. The first kappa shape index (κ1) is 16.9. The molecule has 0 saturated carbocycles. The minimum atomic E-state index is -1.17. The molecule has 1 aromatic heterocycles. The minimum absolute atomic E-state index is 0.0899. The van der Waals surface area contributed by atoms with Gasteiger partial charge in [-0.1, -0.05) is 11.6 Å². The minimum Gasteiger partial charge on any atom is -0.463 e. The normalized spacial score (nSPS) is 18.1. The van der Waals surface area contributed by atoms with Gasteiger partial charge in [-0.25, -0.2) is 4.79 Å². The van der Waals surface area contributed by atoms with Crippen LogP contribution in [0.25, 0.3) is 5.69 Å². The van der Waals surface area contributed by atoms with Crippen LogP contribution in [0.2, 0.25) is 0 Å². The van der Waals surface area contributed by atoms with Crippen LogP contribution in [0, 0.1) is 6.92 Å². The van der Waals surface area contributed by atoms with Gasteiger partial charge in [0.25, 0.3) is 5.91 Å². The molecule has 9 nitrogen and oxygen atoms in total. The summed E-state index contributed by atoms with van der Waals surface area (Å²) < 4.78 is 0. The number of hydrogen-bond donors (Lipinski definition) is 1. The van der Waals surface area contributed by atoms with Crippen LogP contribution in [0.4, 0.5) is 4.79 Å². The van der Waals surface area contributed by atoms with Crippen LogP contribution in [-0.2, 0) is 4.84 Å². The second-order valence-electron chi connectivity index (χ2n) is 5.87. The molecular weight excluding hydrogens is 326 g/mol. The van der Waals surface area contributed by atoms with E-state index in [9.17, 15) is 9.59 Å². The van der Waals surface area contributed by atoms with Gasteiger partial charge in [0.15, 0.2) is 0 Å². The summed E-state index contributed by atoms with van der Waals surface area (Å²) in [5, 5.41) is 18.1. The Morgan fingerprint density at radius 2 is 1.96 bits per heavy atom. The van der Waals surface area contributed by atoms with E-state index >= 15 is 0 Å². The fraction of sp³-hybridized carbons (Fsp3) is 0.375. The molecule has 0 bridgehead atoms. The number of hydroxylamine groups is 2. The summed E-state index contributed by atoms with van der Waals surface area (Å²) in [5.41, 5.74) is 1.98. The lowest BCUT2D eigenvalue weighted by Gasteiger charge is -2.26. The molecule has 1 N–H and O–H groups in total. The zero-order valence-electron chi connectivity index (χ0n) is 14.0. The van der Waals surface area contributed by atoms with Crippen LogP contribution in [0.1, 0.15) is 22.8 Å². The van der Waals surface area contributed by atoms with E-state index in [1.165, 1.54) is 4.80 Å². The number of aromatic nitrogens is 3. The van der Waals surface area contributed by atoms with Gasteiger partial charge in [-0.15, -0.1) is 0 Å². The lowest BCUT2D eigenvalue weighted by molar-refractivity contribution is -0.124. The van der Waals surface area contributed by atoms with Gasteiger partial charge in [0.05, 0.1) is 42.8 Å². The van der Waals surface area contributed by atoms with Crippen LogP contribution in [0.15, 0.2) is 30.6 Å². The molecule has 0 aliphatic carbocycles. The molecule has 2 amide bonds. The van der Waals surface area contributed by atoms with Gasteiger partial charge >= 0.3 is 6.09 Å². The zero-order valence-corrected chi connectivity index (χ0v) is 14.0. The molecule has 3 rings (SSSR count). The van der Waals surface area contributed by atoms with Crippen molar-refractivity contribution in [1.82, 2.24) is 25.0 Å². The number of carbonyl (C=O) groups is 2. The number of rotatable bonds is 2. The van der Waals surface area contributed by atoms with Gasteiger partial charge in [-0.05, 0) is 26.0 Å². The summed E-state index contributed by atoms with van der Waals surface area (Å²) in [4.78, 5) is 32.5. The van der Waals surface area contributed by atoms with Gasteiger partial charge in [-0.3, -0.25) is 9.63 Å². The Balaban J connectivity index is 1.92. The third-order valence-corrected chi connectivity index (χ3v) is 4.04. The summed E-state index contributed by atoms with van der Waals surface area (Å²) in [7, 11) is 0. The molecular formula is C16H19N5O4. The van der Waals surface area contributed by atoms with Crippen LogP contribution in [-0.4, -0.2) is 67.8 Å². The molecule has 0 unspecified atom stereocenters. The van der Waals surface area contributed by atoms with Crippen molar-refractivity contribution in [1.29, 1.82) is 0 Å². The van der Waals surface area contributed by atoms with Crippen molar-refractivity contribution >= 4 is 12.0 Å². The number of benzene rings is 1. The average molecular weight is 345 g/mol. The monoisotopic (exact) mass is 345 g/mol. The van der Waals surface area contributed by atoms with E-state index in [-0.39, 0.29) is 31.6 Å². The molecule has 1 aromatic carbocycles. The van der Waals surface area contributed by atoms with Crippen molar-refractivity contribution in [2.75, 3.05) is 19.7 Å². The molecule has 1 fully saturated rings. The van der Waals surface area contributed by atoms with Crippen molar-refractivity contribution in [3.8, 4) is 5.69 Å². The van der Waals surface area contributed by atoms with Gasteiger partial charge in [0, 0.05) is 6.54 Å². The van der Waals surface area contributed by atoms with E-state index in [4.69, 9.17) is 9.94 Å². The van der Waals surface area contributed by atoms with Gasteiger partial charge in [0.2, 0.25) is 0 Å². The van der Waals surface area contributed by atoms with Crippen molar-refractivity contribution in [3.63, 3.8) is 0 Å². The molecule has 0 radical (unpaired) electrons. The highest BCUT2D eigenvalue weighted by Crippen LogP contribution is 2.20. The van der Waals surface area contributed by atoms with Crippen molar-refractivity contribution < 1.29 is 19.5 Å². The third-order valence-electron chi connectivity index (χ3n) is 4.04. The quantitative estimate of drug-likeness (QED) is 0.881. The first-order valence-corrected chi connectivity index (χ1v) is 7.89. The van der Waals surface area contributed by atoms with Crippen molar-refractivity contribution in [2.24, 2.45) is 0 Å². The largest absolute Gasteiger partial charge is 0.463 e. The number of amides is 2. The van der Waals surface area contributed by atoms with E-state index in [0.717, 1.165) is 10.6 Å².